The van der Waals surface area contributed by atoms with E-state index in [1.165, 1.54) is 31.2 Å². The zero-order valence-corrected chi connectivity index (χ0v) is 13.5. The largest absolute Gasteiger partial charge is 0.467 e. The van der Waals surface area contributed by atoms with Crippen LogP contribution < -0.4 is 5.32 Å². The van der Waals surface area contributed by atoms with Crippen molar-refractivity contribution in [3.8, 4) is 0 Å². The quantitative estimate of drug-likeness (QED) is 0.887. The molecule has 2 aromatic rings. The fraction of sp³-hybridized carbons (Fsp3) is 0.389. The van der Waals surface area contributed by atoms with Crippen molar-refractivity contribution in [1.82, 2.24) is 5.32 Å². The number of benzene rings is 1. The van der Waals surface area contributed by atoms with Gasteiger partial charge in [0.05, 0.1) is 12.1 Å². The van der Waals surface area contributed by atoms with E-state index in [1.54, 1.807) is 6.26 Å². The Hall–Kier alpha value is -1.74. The van der Waals surface area contributed by atoms with Gasteiger partial charge in [0.1, 0.15) is 11.8 Å². The molecule has 0 saturated heterocycles. The summed E-state index contributed by atoms with van der Waals surface area (Å²) < 4.78 is 5.63. The van der Waals surface area contributed by atoms with Crippen LogP contribution in [0.25, 0.3) is 0 Å². The molecule has 3 nitrogen and oxygen atoms in total. The molecule has 0 amide bonds. The van der Waals surface area contributed by atoms with Crippen molar-refractivity contribution in [2.75, 3.05) is 6.54 Å². The Morgan fingerprint density at radius 3 is 2.55 bits per heavy atom. The van der Waals surface area contributed by atoms with Gasteiger partial charge in [0.2, 0.25) is 0 Å². The number of furan rings is 1. The van der Waals surface area contributed by atoms with Crippen molar-refractivity contribution in [3.05, 3.63) is 60.1 Å². The van der Waals surface area contributed by atoms with Crippen LogP contribution in [0.3, 0.4) is 0 Å². The number of nitrogens with zero attached hydrogens (tertiary/aromatic N) is 1. The maximum absolute atomic E-state index is 5.63. The molecular formula is C18H23ClN2O. The lowest BCUT2D eigenvalue weighted by atomic mass is 10.0. The molecule has 1 N–H and O–H groups in total. The van der Waals surface area contributed by atoms with Crippen molar-refractivity contribution in [2.24, 2.45) is 4.99 Å². The van der Waals surface area contributed by atoms with E-state index in [0.29, 0.717) is 0 Å². The molecule has 1 unspecified atom stereocenters. The van der Waals surface area contributed by atoms with Crippen LogP contribution in [0.4, 0.5) is 0 Å². The van der Waals surface area contributed by atoms with Crippen LogP contribution in [0.1, 0.15) is 49.5 Å². The molecule has 4 heteroatoms. The van der Waals surface area contributed by atoms with Gasteiger partial charge in [-0.3, -0.25) is 4.99 Å². The minimum atomic E-state index is 0. The molecule has 0 radical (unpaired) electrons. The van der Waals surface area contributed by atoms with Gasteiger partial charge in [-0.2, -0.15) is 0 Å². The first-order valence-electron chi connectivity index (χ1n) is 7.82. The summed E-state index contributed by atoms with van der Waals surface area (Å²) in [4.78, 5) is 4.72. The highest BCUT2D eigenvalue weighted by atomic mass is 35.5. The molecule has 0 aliphatic carbocycles. The smallest absolute Gasteiger partial charge is 0.130 e. The van der Waals surface area contributed by atoms with Crippen LogP contribution in [0.5, 0.6) is 0 Å². The van der Waals surface area contributed by atoms with Gasteiger partial charge < -0.3 is 9.73 Å². The van der Waals surface area contributed by atoms with Crippen molar-refractivity contribution in [2.45, 2.75) is 38.1 Å². The minimum Gasteiger partial charge on any atom is -0.467 e. The summed E-state index contributed by atoms with van der Waals surface area (Å²) in [6.45, 7) is 0.933. The molecular weight excluding hydrogens is 296 g/mol. The van der Waals surface area contributed by atoms with Crippen LogP contribution in [0.15, 0.2) is 58.1 Å². The lowest BCUT2D eigenvalue weighted by molar-refractivity contribution is 0.472. The maximum Gasteiger partial charge on any atom is 0.130 e. The number of aliphatic imine (C=N–C) groups is 1. The van der Waals surface area contributed by atoms with E-state index in [0.717, 1.165) is 24.6 Å². The predicted molar refractivity (Wildman–Crippen MR) is 92.8 cm³/mol. The van der Waals surface area contributed by atoms with E-state index in [4.69, 9.17) is 9.41 Å². The van der Waals surface area contributed by atoms with Gasteiger partial charge in [0.25, 0.3) is 0 Å². The molecule has 0 spiro atoms. The Labute approximate surface area is 138 Å². The van der Waals surface area contributed by atoms with Crippen molar-refractivity contribution in [1.29, 1.82) is 0 Å². The molecule has 1 aromatic heterocycles. The van der Waals surface area contributed by atoms with Gasteiger partial charge in [-0.1, -0.05) is 43.2 Å². The molecule has 22 heavy (non-hydrogen) atoms. The van der Waals surface area contributed by atoms with Crippen LogP contribution >= 0.6 is 12.4 Å². The molecule has 3 rings (SSSR count). The molecule has 0 saturated carbocycles. The molecule has 118 valence electrons. The Kier molecular flexibility index (Phi) is 6.53. The Bertz CT molecular complexity index is 566. The summed E-state index contributed by atoms with van der Waals surface area (Å²) in [5.41, 5.74) is 1.21. The Balaban J connectivity index is 0.00000176. The fourth-order valence-corrected chi connectivity index (χ4v) is 2.76. The van der Waals surface area contributed by atoms with Gasteiger partial charge in [-0.05, 0) is 30.5 Å². The van der Waals surface area contributed by atoms with E-state index in [9.17, 15) is 0 Å². The second-order valence-electron chi connectivity index (χ2n) is 5.50. The summed E-state index contributed by atoms with van der Waals surface area (Å²) in [5.74, 6) is 2.05. The van der Waals surface area contributed by atoms with E-state index in [2.05, 4.69) is 29.6 Å². The second kappa shape index (κ2) is 8.64. The third-order valence-corrected chi connectivity index (χ3v) is 3.90. The highest BCUT2D eigenvalue weighted by molar-refractivity contribution is 5.85. The Morgan fingerprint density at radius 1 is 0.955 bits per heavy atom. The van der Waals surface area contributed by atoms with Crippen molar-refractivity contribution in [3.63, 3.8) is 0 Å². The molecule has 1 aromatic carbocycles. The van der Waals surface area contributed by atoms with Gasteiger partial charge in [-0.15, -0.1) is 12.4 Å². The van der Waals surface area contributed by atoms with E-state index >= 15 is 0 Å². The summed E-state index contributed by atoms with van der Waals surface area (Å²) in [5, 5.41) is 3.60. The van der Waals surface area contributed by atoms with Crippen LogP contribution in [-0.4, -0.2) is 12.4 Å². The summed E-state index contributed by atoms with van der Waals surface area (Å²) in [7, 11) is 0. The first kappa shape index (κ1) is 16.6. The number of hydrogen-bond donors (Lipinski definition) is 1. The second-order valence-corrected chi connectivity index (χ2v) is 5.50. The third kappa shape index (κ3) is 4.38. The van der Waals surface area contributed by atoms with Gasteiger partial charge in [0, 0.05) is 13.0 Å². The van der Waals surface area contributed by atoms with Crippen molar-refractivity contribution < 1.29 is 4.42 Å². The van der Waals surface area contributed by atoms with Gasteiger partial charge in [0.15, 0.2) is 0 Å². The zero-order valence-electron chi connectivity index (χ0n) is 12.7. The molecule has 0 fully saturated rings. The SMILES string of the molecule is Cl.c1ccc(C(NC2=NCCCCCC2)c2ccco2)cc1. The highest BCUT2D eigenvalue weighted by Gasteiger charge is 2.18. The van der Waals surface area contributed by atoms with Crippen LogP contribution in [0, 0.1) is 0 Å². The Morgan fingerprint density at radius 2 is 1.77 bits per heavy atom. The number of nitrogens with one attached hydrogen (secondary N) is 1. The number of hydrogen-bond acceptors (Lipinski definition) is 3. The topological polar surface area (TPSA) is 37.5 Å². The lowest BCUT2D eigenvalue weighted by Gasteiger charge is -2.21. The number of amidine groups is 1. The predicted octanol–water partition coefficient (Wildman–Crippen LogP) is 4.74. The van der Waals surface area contributed by atoms with Crippen LogP contribution in [-0.2, 0) is 0 Å². The number of halogens is 1. The van der Waals surface area contributed by atoms with E-state index in [-0.39, 0.29) is 18.4 Å². The van der Waals surface area contributed by atoms with Crippen molar-refractivity contribution >= 4 is 18.2 Å². The summed E-state index contributed by atoms with van der Waals surface area (Å²) >= 11 is 0. The molecule has 1 atom stereocenters. The molecule has 0 bridgehead atoms. The zero-order chi connectivity index (χ0) is 14.3. The van der Waals surface area contributed by atoms with Crippen LogP contribution in [0.2, 0.25) is 0 Å². The molecule has 2 heterocycles. The minimum absolute atomic E-state index is 0. The third-order valence-electron chi connectivity index (χ3n) is 3.90. The van der Waals surface area contributed by atoms with E-state index in [1.807, 2.05) is 18.2 Å². The summed E-state index contributed by atoms with van der Waals surface area (Å²) in [6, 6.07) is 14.4. The monoisotopic (exact) mass is 318 g/mol. The maximum atomic E-state index is 5.63. The number of rotatable bonds is 3. The average Bonchev–Trinajstić information content (AvgIpc) is 3.01. The first-order chi connectivity index (χ1) is 10.4. The highest BCUT2D eigenvalue weighted by Crippen LogP contribution is 2.23. The average molecular weight is 319 g/mol. The molecule has 1 aliphatic rings. The standard InChI is InChI=1S/C18H22N2O.ClH/c1-2-7-13-19-17(12-6-1)20-18(16-11-8-14-21-16)15-9-4-3-5-10-15;/h3-5,8-11,14,18H,1-2,6-7,12-13H2,(H,19,20);1H. The fourth-order valence-electron chi connectivity index (χ4n) is 2.76. The van der Waals surface area contributed by atoms with E-state index < -0.39 is 0 Å². The first-order valence-corrected chi connectivity index (χ1v) is 7.82. The van der Waals surface area contributed by atoms with Gasteiger partial charge in [-0.25, -0.2) is 0 Å². The molecule has 1 aliphatic heterocycles. The van der Waals surface area contributed by atoms with Gasteiger partial charge >= 0.3 is 0 Å². The lowest BCUT2D eigenvalue weighted by Crippen LogP contribution is -2.29. The summed E-state index contributed by atoms with van der Waals surface area (Å²) in [6.07, 6.45) is 7.78. The normalized spacial score (nSPS) is 16.6.